The molecule has 0 radical (unpaired) electrons. The minimum absolute atomic E-state index is 0.303. The maximum Gasteiger partial charge on any atom is 0.253 e. The normalized spacial score (nSPS) is 14.6. The third-order valence-corrected chi connectivity index (χ3v) is 4.81. The van der Waals surface area contributed by atoms with Crippen molar-refractivity contribution in [1.29, 1.82) is 0 Å². The van der Waals surface area contributed by atoms with Gasteiger partial charge in [0.25, 0.3) is 10.9 Å². The van der Waals surface area contributed by atoms with E-state index in [1.807, 2.05) is 42.5 Å². The van der Waals surface area contributed by atoms with Crippen LogP contribution in [0.15, 0.2) is 58.3 Å². The summed E-state index contributed by atoms with van der Waals surface area (Å²) < 4.78 is 5.49. The van der Waals surface area contributed by atoms with E-state index in [1.54, 1.807) is 6.20 Å². The molecule has 2 N–H and O–H groups in total. The number of nitrogens with one attached hydrogen (secondary N) is 2. The summed E-state index contributed by atoms with van der Waals surface area (Å²) in [6.45, 7) is 3.75. The monoisotopic (exact) mass is 378 g/mol. The average molecular weight is 378 g/mol. The first-order valence-corrected chi connectivity index (χ1v) is 9.39. The molecule has 1 aromatic heterocycles. The lowest BCUT2D eigenvalue weighted by molar-refractivity contribution is 0.152. The van der Waals surface area contributed by atoms with Gasteiger partial charge in [0.05, 0.1) is 18.8 Å². The largest absolute Gasteiger partial charge is 0.380 e. The predicted octanol–water partition coefficient (Wildman–Crippen LogP) is 2.26. The van der Waals surface area contributed by atoms with E-state index in [9.17, 15) is 9.59 Å². The van der Waals surface area contributed by atoms with Crippen molar-refractivity contribution in [3.63, 3.8) is 0 Å². The van der Waals surface area contributed by atoms with Gasteiger partial charge in [0, 0.05) is 37.3 Å². The van der Waals surface area contributed by atoms with E-state index >= 15 is 0 Å². The number of hydrogen-bond acceptors (Lipinski definition) is 7. The first-order chi connectivity index (χ1) is 13.7. The topological polar surface area (TPSA) is 83.6 Å². The van der Waals surface area contributed by atoms with E-state index < -0.39 is 10.9 Å². The highest BCUT2D eigenvalue weighted by Gasteiger charge is 2.21. The molecule has 3 aromatic rings. The third-order valence-electron chi connectivity index (χ3n) is 4.81. The van der Waals surface area contributed by atoms with Crippen LogP contribution in [0, 0.1) is 0 Å². The van der Waals surface area contributed by atoms with Crippen molar-refractivity contribution in [2.75, 3.05) is 41.8 Å². The molecule has 1 saturated heterocycles. The van der Waals surface area contributed by atoms with Crippen LogP contribution in [0.25, 0.3) is 0 Å². The lowest BCUT2D eigenvalue weighted by Gasteiger charge is -2.22. The number of benzene rings is 1. The van der Waals surface area contributed by atoms with E-state index in [0.29, 0.717) is 17.9 Å². The smallest absolute Gasteiger partial charge is 0.253 e. The molecule has 0 unspecified atom stereocenters. The minimum Gasteiger partial charge on any atom is -0.380 e. The molecule has 0 atom stereocenters. The fourth-order valence-electron chi connectivity index (χ4n) is 3.27. The standard InChI is InChI=1S/C21H22N4O3/c26-20-18(23-14-16-4-1-2-9-22-16)19(21(20)27)24-15-5-7-17(8-6-15)25-10-3-12-28-13-11-25/h1-2,4-9,23-24H,3,10-14H2. The summed E-state index contributed by atoms with van der Waals surface area (Å²) in [6, 6.07) is 13.4. The number of rotatable bonds is 6. The van der Waals surface area contributed by atoms with Gasteiger partial charge >= 0.3 is 0 Å². The molecule has 0 bridgehead atoms. The van der Waals surface area contributed by atoms with Gasteiger partial charge in [-0.3, -0.25) is 14.6 Å². The van der Waals surface area contributed by atoms with Gasteiger partial charge in [-0.2, -0.15) is 0 Å². The van der Waals surface area contributed by atoms with Crippen molar-refractivity contribution >= 4 is 22.7 Å². The van der Waals surface area contributed by atoms with Gasteiger partial charge in [0.15, 0.2) is 0 Å². The van der Waals surface area contributed by atoms with E-state index in [2.05, 4.69) is 20.5 Å². The molecular weight excluding hydrogens is 356 g/mol. The fourth-order valence-corrected chi connectivity index (χ4v) is 3.27. The fraction of sp³-hybridized carbons (Fsp3) is 0.286. The number of anilines is 4. The van der Waals surface area contributed by atoms with Crippen LogP contribution in [0.4, 0.5) is 22.7 Å². The predicted molar refractivity (Wildman–Crippen MR) is 110 cm³/mol. The molecule has 0 saturated carbocycles. The Kier molecular flexibility index (Phi) is 5.34. The van der Waals surface area contributed by atoms with Gasteiger partial charge < -0.3 is 20.3 Å². The maximum atomic E-state index is 12.0. The molecule has 4 rings (SSSR count). The highest BCUT2D eigenvalue weighted by Crippen LogP contribution is 2.24. The van der Waals surface area contributed by atoms with Crippen LogP contribution in [-0.2, 0) is 11.3 Å². The maximum absolute atomic E-state index is 12.0. The summed E-state index contributed by atoms with van der Waals surface area (Å²) in [6.07, 6.45) is 2.70. The van der Waals surface area contributed by atoms with Crippen LogP contribution < -0.4 is 26.4 Å². The van der Waals surface area contributed by atoms with E-state index in [1.165, 1.54) is 0 Å². The number of ether oxygens (including phenoxy) is 1. The summed E-state index contributed by atoms with van der Waals surface area (Å²) in [7, 11) is 0. The summed E-state index contributed by atoms with van der Waals surface area (Å²) in [5, 5.41) is 6.09. The molecule has 144 valence electrons. The zero-order valence-corrected chi connectivity index (χ0v) is 15.5. The van der Waals surface area contributed by atoms with Gasteiger partial charge in [0.2, 0.25) is 0 Å². The van der Waals surface area contributed by atoms with Crippen LogP contribution in [0.5, 0.6) is 0 Å². The second-order valence-electron chi connectivity index (χ2n) is 6.71. The quantitative estimate of drug-likeness (QED) is 0.637. The van der Waals surface area contributed by atoms with Gasteiger partial charge in [0.1, 0.15) is 11.4 Å². The molecule has 7 heteroatoms. The molecule has 1 fully saturated rings. The van der Waals surface area contributed by atoms with Gasteiger partial charge in [-0.1, -0.05) is 6.07 Å². The van der Waals surface area contributed by atoms with E-state index in [4.69, 9.17) is 4.74 Å². The number of pyridine rings is 1. The molecule has 2 heterocycles. The number of hydrogen-bond donors (Lipinski definition) is 2. The van der Waals surface area contributed by atoms with Crippen molar-refractivity contribution < 1.29 is 4.74 Å². The zero-order valence-electron chi connectivity index (χ0n) is 15.5. The summed E-state index contributed by atoms with van der Waals surface area (Å²) in [5.74, 6) is 0. The Bertz CT molecular complexity index is 987. The number of nitrogens with zero attached hydrogens (tertiary/aromatic N) is 2. The minimum atomic E-state index is -0.503. The highest BCUT2D eigenvalue weighted by atomic mass is 16.5. The van der Waals surface area contributed by atoms with Crippen LogP contribution >= 0.6 is 0 Å². The first-order valence-electron chi connectivity index (χ1n) is 9.39. The van der Waals surface area contributed by atoms with Gasteiger partial charge in [-0.05, 0) is 42.8 Å². The van der Waals surface area contributed by atoms with E-state index in [-0.39, 0.29) is 0 Å². The molecule has 28 heavy (non-hydrogen) atoms. The molecule has 0 aliphatic carbocycles. The Balaban J connectivity index is 1.43. The SMILES string of the molecule is O=c1c(NCc2ccccn2)c(Nc2ccc(N3CCCOCC3)cc2)c1=O. The van der Waals surface area contributed by atoms with Crippen molar-refractivity contribution in [3.05, 3.63) is 74.8 Å². The molecule has 0 spiro atoms. The Morgan fingerprint density at radius 3 is 2.57 bits per heavy atom. The molecule has 0 amide bonds. The molecule has 7 nitrogen and oxygen atoms in total. The van der Waals surface area contributed by atoms with Crippen LogP contribution in [0.2, 0.25) is 0 Å². The Labute approximate surface area is 162 Å². The van der Waals surface area contributed by atoms with Crippen molar-refractivity contribution in [3.8, 4) is 0 Å². The summed E-state index contributed by atoms with van der Waals surface area (Å²) >= 11 is 0. The molecule has 1 aliphatic heterocycles. The van der Waals surface area contributed by atoms with E-state index in [0.717, 1.165) is 49.8 Å². The second kappa shape index (κ2) is 8.22. The Morgan fingerprint density at radius 2 is 1.79 bits per heavy atom. The molecule has 1 aliphatic rings. The number of aromatic nitrogens is 1. The first kappa shape index (κ1) is 18.2. The van der Waals surface area contributed by atoms with Crippen LogP contribution in [-0.4, -0.2) is 31.3 Å². The lowest BCUT2D eigenvalue weighted by Crippen LogP contribution is -2.36. The van der Waals surface area contributed by atoms with Crippen molar-refractivity contribution in [1.82, 2.24) is 4.98 Å². The third kappa shape index (κ3) is 3.89. The lowest BCUT2D eigenvalue weighted by atomic mass is 10.1. The summed E-state index contributed by atoms with van der Waals surface area (Å²) in [4.78, 5) is 30.4. The molecular formula is C21H22N4O3. The second-order valence-corrected chi connectivity index (χ2v) is 6.71. The Hall–Kier alpha value is -3.19. The van der Waals surface area contributed by atoms with Crippen molar-refractivity contribution in [2.24, 2.45) is 0 Å². The molecule has 2 aromatic carbocycles. The Morgan fingerprint density at radius 1 is 0.964 bits per heavy atom. The van der Waals surface area contributed by atoms with Gasteiger partial charge in [-0.25, -0.2) is 0 Å². The van der Waals surface area contributed by atoms with Crippen molar-refractivity contribution in [2.45, 2.75) is 13.0 Å². The van der Waals surface area contributed by atoms with Crippen LogP contribution in [0.3, 0.4) is 0 Å². The average Bonchev–Trinajstić information content (AvgIpc) is 3.03. The summed E-state index contributed by atoms with van der Waals surface area (Å²) in [5.41, 5.74) is 2.29. The zero-order chi connectivity index (χ0) is 19.3. The highest BCUT2D eigenvalue weighted by molar-refractivity contribution is 5.79. The van der Waals surface area contributed by atoms with Crippen LogP contribution in [0.1, 0.15) is 12.1 Å². The van der Waals surface area contributed by atoms with Gasteiger partial charge in [-0.15, -0.1) is 0 Å².